The summed E-state index contributed by atoms with van der Waals surface area (Å²) >= 11 is 6.25. The number of nitrogens with zero attached hydrogens (tertiary/aromatic N) is 4. The Labute approximate surface area is 165 Å². The summed E-state index contributed by atoms with van der Waals surface area (Å²) in [4.78, 5) is 19.4. The van der Waals surface area contributed by atoms with E-state index in [1.54, 1.807) is 6.20 Å². The largest absolute Gasteiger partial charge is 0.378 e. The molecule has 2 aromatic rings. The standard InChI is InChI=1S/C20H28ClN5O/c1-20(2,3)26-19(27)18(21)16(14-24-26)22-12-15-8-9-17(23-13-15)25-10-6-4-5-7-11-25/h8-9,13-14,22H,4-7,10-12H2,1-3H3. The highest BCUT2D eigenvalue weighted by molar-refractivity contribution is 6.32. The van der Waals surface area contributed by atoms with Crippen molar-refractivity contribution in [2.45, 2.75) is 58.5 Å². The summed E-state index contributed by atoms with van der Waals surface area (Å²) in [5, 5.41) is 7.60. The minimum absolute atomic E-state index is 0.161. The van der Waals surface area contributed by atoms with Gasteiger partial charge in [0.05, 0.1) is 17.4 Å². The van der Waals surface area contributed by atoms with E-state index >= 15 is 0 Å². The molecule has 7 heteroatoms. The first kappa shape index (κ1) is 19.7. The van der Waals surface area contributed by atoms with Gasteiger partial charge < -0.3 is 10.2 Å². The van der Waals surface area contributed by atoms with Gasteiger partial charge in [0, 0.05) is 25.8 Å². The SMILES string of the molecule is CC(C)(C)n1ncc(NCc2ccc(N3CCCCCC3)nc2)c(Cl)c1=O. The molecule has 3 heterocycles. The van der Waals surface area contributed by atoms with Crippen LogP contribution in [0.5, 0.6) is 0 Å². The first-order valence-corrected chi connectivity index (χ1v) is 9.96. The van der Waals surface area contributed by atoms with Gasteiger partial charge in [-0.1, -0.05) is 30.5 Å². The number of rotatable bonds is 4. The fourth-order valence-corrected chi connectivity index (χ4v) is 3.43. The monoisotopic (exact) mass is 389 g/mol. The Hall–Kier alpha value is -2.08. The molecule has 3 rings (SSSR count). The molecule has 1 fully saturated rings. The van der Waals surface area contributed by atoms with Crippen molar-refractivity contribution >= 4 is 23.1 Å². The lowest BCUT2D eigenvalue weighted by Gasteiger charge is -2.22. The van der Waals surface area contributed by atoms with E-state index in [0.717, 1.165) is 24.5 Å². The van der Waals surface area contributed by atoms with Crippen LogP contribution in [0, 0.1) is 0 Å². The van der Waals surface area contributed by atoms with Gasteiger partial charge in [-0.25, -0.2) is 9.67 Å². The fraction of sp³-hybridized carbons (Fsp3) is 0.550. The van der Waals surface area contributed by atoms with E-state index in [1.807, 2.05) is 27.0 Å². The molecule has 0 unspecified atom stereocenters. The van der Waals surface area contributed by atoms with E-state index in [0.29, 0.717) is 12.2 Å². The van der Waals surface area contributed by atoms with Crippen molar-refractivity contribution in [1.82, 2.24) is 14.8 Å². The molecule has 1 N–H and O–H groups in total. The Bertz CT molecular complexity index is 818. The van der Waals surface area contributed by atoms with Crippen LogP contribution in [0.4, 0.5) is 11.5 Å². The molecule has 146 valence electrons. The molecule has 6 nitrogen and oxygen atoms in total. The smallest absolute Gasteiger partial charge is 0.288 e. The maximum absolute atomic E-state index is 12.4. The van der Waals surface area contributed by atoms with E-state index in [2.05, 4.69) is 32.4 Å². The van der Waals surface area contributed by atoms with Crippen LogP contribution in [0.15, 0.2) is 29.3 Å². The minimum Gasteiger partial charge on any atom is -0.378 e. The second-order valence-corrected chi connectivity index (χ2v) is 8.42. The molecular weight excluding hydrogens is 362 g/mol. The van der Waals surface area contributed by atoms with Crippen LogP contribution in [0.1, 0.15) is 52.0 Å². The number of hydrogen-bond donors (Lipinski definition) is 1. The van der Waals surface area contributed by atoms with Gasteiger partial charge >= 0.3 is 0 Å². The normalized spacial score (nSPS) is 15.5. The first-order chi connectivity index (χ1) is 12.9. The Kier molecular flexibility index (Phi) is 6.05. The zero-order valence-corrected chi connectivity index (χ0v) is 17.1. The third-order valence-electron chi connectivity index (χ3n) is 4.78. The minimum atomic E-state index is -0.410. The fourth-order valence-electron chi connectivity index (χ4n) is 3.24. The Morgan fingerprint density at radius 1 is 1.11 bits per heavy atom. The van der Waals surface area contributed by atoms with Crippen molar-refractivity contribution in [2.24, 2.45) is 0 Å². The van der Waals surface area contributed by atoms with Gasteiger partial charge in [-0.3, -0.25) is 4.79 Å². The highest BCUT2D eigenvalue weighted by Crippen LogP contribution is 2.20. The molecule has 27 heavy (non-hydrogen) atoms. The van der Waals surface area contributed by atoms with E-state index < -0.39 is 5.54 Å². The quantitative estimate of drug-likeness (QED) is 0.854. The number of hydrogen-bond acceptors (Lipinski definition) is 5. The van der Waals surface area contributed by atoms with E-state index in [9.17, 15) is 4.79 Å². The lowest BCUT2D eigenvalue weighted by molar-refractivity contribution is 0.338. The van der Waals surface area contributed by atoms with Gasteiger partial charge in [0.15, 0.2) is 0 Å². The second-order valence-electron chi connectivity index (χ2n) is 8.04. The van der Waals surface area contributed by atoms with Crippen molar-refractivity contribution in [3.8, 4) is 0 Å². The van der Waals surface area contributed by atoms with E-state index in [1.165, 1.54) is 30.4 Å². The summed E-state index contributed by atoms with van der Waals surface area (Å²) in [5.41, 5.74) is 0.874. The van der Waals surface area contributed by atoms with Crippen molar-refractivity contribution in [2.75, 3.05) is 23.3 Å². The van der Waals surface area contributed by atoms with E-state index in [4.69, 9.17) is 11.6 Å². The number of anilines is 2. The molecule has 0 radical (unpaired) electrons. The zero-order valence-electron chi connectivity index (χ0n) is 16.3. The third kappa shape index (κ3) is 4.80. The van der Waals surface area contributed by atoms with Crippen LogP contribution in [-0.2, 0) is 12.1 Å². The maximum Gasteiger partial charge on any atom is 0.288 e. The first-order valence-electron chi connectivity index (χ1n) is 9.58. The van der Waals surface area contributed by atoms with Crippen molar-refractivity contribution < 1.29 is 0 Å². The van der Waals surface area contributed by atoms with Crippen LogP contribution in [0.2, 0.25) is 5.02 Å². The molecule has 0 aromatic carbocycles. The number of pyridine rings is 1. The second kappa shape index (κ2) is 8.30. The van der Waals surface area contributed by atoms with Gasteiger partial charge in [-0.15, -0.1) is 0 Å². The number of halogens is 1. The van der Waals surface area contributed by atoms with Gasteiger partial charge in [-0.2, -0.15) is 5.10 Å². The third-order valence-corrected chi connectivity index (χ3v) is 5.14. The predicted molar refractivity (Wildman–Crippen MR) is 111 cm³/mol. The highest BCUT2D eigenvalue weighted by atomic mass is 35.5. The van der Waals surface area contributed by atoms with Crippen molar-refractivity contribution in [1.29, 1.82) is 0 Å². The van der Waals surface area contributed by atoms with Gasteiger partial charge in [-0.05, 0) is 45.2 Å². The Balaban J connectivity index is 1.66. The van der Waals surface area contributed by atoms with Crippen LogP contribution in [0.25, 0.3) is 0 Å². The van der Waals surface area contributed by atoms with E-state index in [-0.39, 0.29) is 10.6 Å². The van der Waals surface area contributed by atoms with Gasteiger partial charge in [0.1, 0.15) is 10.8 Å². The molecule has 0 aliphatic carbocycles. The highest BCUT2D eigenvalue weighted by Gasteiger charge is 2.19. The topological polar surface area (TPSA) is 63.1 Å². The van der Waals surface area contributed by atoms with Crippen LogP contribution in [-0.4, -0.2) is 27.9 Å². The molecule has 0 spiro atoms. The molecule has 0 saturated carbocycles. The summed E-state index contributed by atoms with van der Waals surface area (Å²) in [7, 11) is 0. The molecule has 1 aliphatic heterocycles. The summed E-state index contributed by atoms with van der Waals surface area (Å²) < 4.78 is 1.40. The summed E-state index contributed by atoms with van der Waals surface area (Å²) in [6, 6.07) is 4.14. The molecule has 0 amide bonds. The summed E-state index contributed by atoms with van der Waals surface area (Å²) in [6.07, 6.45) is 8.56. The molecular formula is C20H28ClN5O. The zero-order chi connectivity index (χ0) is 19.4. The molecule has 0 bridgehead atoms. The number of aromatic nitrogens is 3. The average molecular weight is 390 g/mol. The summed E-state index contributed by atoms with van der Waals surface area (Å²) in [6.45, 7) is 8.45. The summed E-state index contributed by atoms with van der Waals surface area (Å²) in [5.74, 6) is 1.04. The Morgan fingerprint density at radius 2 is 1.81 bits per heavy atom. The van der Waals surface area contributed by atoms with Crippen molar-refractivity contribution in [3.63, 3.8) is 0 Å². The molecule has 0 atom stereocenters. The van der Waals surface area contributed by atoms with Crippen LogP contribution in [0.3, 0.4) is 0 Å². The predicted octanol–water partition coefficient (Wildman–Crippen LogP) is 4.04. The average Bonchev–Trinajstić information content (AvgIpc) is 2.92. The maximum atomic E-state index is 12.4. The molecule has 1 saturated heterocycles. The van der Waals surface area contributed by atoms with Crippen molar-refractivity contribution in [3.05, 3.63) is 45.5 Å². The van der Waals surface area contributed by atoms with Crippen LogP contribution >= 0.6 is 11.6 Å². The Morgan fingerprint density at radius 3 is 2.41 bits per heavy atom. The lowest BCUT2D eigenvalue weighted by Crippen LogP contribution is -2.36. The van der Waals surface area contributed by atoms with Gasteiger partial charge in [0.2, 0.25) is 0 Å². The van der Waals surface area contributed by atoms with Gasteiger partial charge in [0.25, 0.3) is 5.56 Å². The van der Waals surface area contributed by atoms with Crippen LogP contribution < -0.4 is 15.8 Å². The number of nitrogens with one attached hydrogen (secondary N) is 1. The molecule has 1 aliphatic rings. The lowest BCUT2D eigenvalue weighted by atomic mass is 10.1. The molecule has 2 aromatic heterocycles.